The first-order valence-corrected chi connectivity index (χ1v) is 11.7. The van der Waals surface area contributed by atoms with Crippen LogP contribution in [0.1, 0.15) is 23.9 Å². The van der Waals surface area contributed by atoms with Crippen LogP contribution in [0, 0.1) is 0 Å². The molecule has 8 heteroatoms. The molecule has 0 saturated carbocycles. The van der Waals surface area contributed by atoms with Crippen LogP contribution in [0.3, 0.4) is 0 Å². The Morgan fingerprint density at radius 2 is 2.06 bits per heavy atom. The number of carbonyl (C=O) groups is 2. The number of aromatic nitrogens is 1. The second kappa shape index (κ2) is 10.6. The maximum Gasteiger partial charge on any atom is 0.329 e. The first-order valence-electron chi connectivity index (χ1n) is 10.8. The zero-order valence-corrected chi connectivity index (χ0v) is 19.5. The minimum absolute atomic E-state index is 0.118. The van der Waals surface area contributed by atoms with Crippen LogP contribution in [0.2, 0.25) is 0 Å². The van der Waals surface area contributed by atoms with E-state index in [1.807, 2.05) is 60.8 Å². The number of ether oxygens (including phenoxy) is 3. The van der Waals surface area contributed by atoms with Crippen LogP contribution in [0.25, 0.3) is 11.3 Å². The summed E-state index contributed by atoms with van der Waals surface area (Å²) >= 11 is 1.57. The van der Waals surface area contributed by atoms with Crippen molar-refractivity contribution in [1.29, 1.82) is 0 Å². The molecule has 33 heavy (non-hydrogen) atoms. The maximum absolute atomic E-state index is 13.0. The van der Waals surface area contributed by atoms with Crippen LogP contribution in [-0.2, 0) is 32.1 Å². The molecule has 172 valence electrons. The van der Waals surface area contributed by atoms with Crippen LogP contribution in [0.4, 0.5) is 5.69 Å². The first-order chi connectivity index (χ1) is 16.1. The van der Waals surface area contributed by atoms with Gasteiger partial charge in [0.25, 0.3) is 5.91 Å². The van der Waals surface area contributed by atoms with Gasteiger partial charge in [0.1, 0.15) is 18.4 Å². The van der Waals surface area contributed by atoms with E-state index in [0.717, 1.165) is 28.2 Å². The normalized spacial score (nSPS) is 13.9. The molecule has 4 rings (SSSR count). The predicted octanol–water partition coefficient (Wildman–Crippen LogP) is 4.25. The molecule has 1 aliphatic heterocycles. The Balaban J connectivity index is 1.58. The number of hydrogen-bond donors (Lipinski definition) is 0. The van der Waals surface area contributed by atoms with Crippen LogP contribution < -0.4 is 9.64 Å². The molecule has 1 amide bonds. The number of fused-ring (bicyclic) bond motifs is 1. The molecule has 0 saturated heterocycles. The fraction of sp³-hybridized carbons (Fsp3) is 0.320. The summed E-state index contributed by atoms with van der Waals surface area (Å²) in [6.07, 6.45) is 1.16. The van der Waals surface area contributed by atoms with Crippen molar-refractivity contribution in [3.05, 3.63) is 64.5 Å². The number of thiazole rings is 1. The third-order valence-corrected chi connectivity index (χ3v) is 6.31. The Hall–Kier alpha value is -3.23. The third kappa shape index (κ3) is 5.23. The zero-order valence-electron chi connectivity index (χ0n) is 18.7. The fourth-order valence-electron chi connectivity index (χ4n) is 3.70. The molecule has 1 aromatic heterocycles. The van der Waals surface area contributed by atoms with Crippen LogP contribution in [0.15, 0.2) is 53.9 Å². The summed E-state index contributed by atoms with van der Waals surface area (Å²) in [5.41, 5.74) is 3.11. The summed E-state index contributed by atoms with van der Waals surface area (Å²) in [6, 6.07) is 14.3. The zero-order chi connectivity index (χ0) is 23.2. The standard InChI is InChI=1S/C25H26N2O5S/c1-3-20(25(29)32-14-17-7-5-4-6-8-17)27-21-13-18(9-10-22(21)31-15-24(27)28)19-16-33-23(26-19)11-12-30-2/h4-10,13,16,20H,3,11-12,14-15H2,1-2H3. The lowest BCUT2D eigenvalue weighted by Crippen LogP contribution is -2.49. The lowest BCUT2D eigenvalue weighted by Gasteiger charge is -2.34. The number of methoxy groups -OCH3 is 1. The molecule has 0 fully saturated rings. The SMILES string of the molecule is CCC(C(=O)OCc1ccccc1)N1C(=O)COc2ccc(-c3csc(CCOC)n3)cc21. The summed E-state index contributed by atoms with van der Waals surface area (Å²) in [7, 11) is 1.67. The Morgan fingerprint density at radius 1 is 1.24 bits per heavy atom. The van der Waals surface area contributed by atoms with E-state index in [1.165, 1.54) is 4.90 Å². The molecular weight excluding hydrogens is 440 g/mol. The van der Waals surface area contributed by atoms with E-state index < -0.39 is 12.0 Å². The third-order valence-electron chi connectivity index (χ3n) is 5.40. The summed E-state index contributed by atoms with van der Waals surface area (Å²) in [6.45, 7) is 2.51. The monoisotopic (exact) mass is 466 g/mol. The van der Waals surface area contributed by atoms with Crippen molar-refractivity contribution < 1.29 is 23.8 Å². The van der Waals surface area contributed by atoms with Crippen molar-refractivity contribution >= 4 is 28.9 Å². The van der Waals surface area contributed by atoms with Crippen molar-refractivity contribution in [3.8, 4) is 17.0 Å². The maximum atomic E-state index is 13.0. The highest BCUT2D eigenvalue weighted by atomic mass is 32.1. The van der Waals surface area contributed by atoms with E-state index in [0.29, 0.717) is 24.5 Å². The van der Waals surface area contributed by atoms with Crippen LogP contribution >= 0.6 is 11.3 Å². The van der Waals surface area contributed by atoms with Gasteiger partial charge in [0, 0.05) is 24.5 Å². The lowest BCUT2D eigenvalue weighted by atomic mass is 10.1. The van der Waals surface area contributed by atoms with Crippen molar-refractivity contribution in [3.63, 3.8) is 0 Å². The Bertz CT molecular complexity index is 1110. The largest absolute Gasteiger partial charge is 0.482 e. The van der Waals surface area contributed by atoms with Gasteiger partial charge in [-0.15, -0.1) is 11.3 Å². The second-order valence-electron chi connectivity index (χ2n) is 7.62. The molecule has 1 aliphatic rings. The van der Waals surface area contributed by atoms with E-state index in [2.05, 4.69) is 4.98 Å². The average molecular weight is 467 g/mol. The Kier molecular flexibility index (Phi) is 7.36. The summed E-state index contributed by atoms with van der Waals surface area (Å²) < 4.78 is 16.3. The predicted molar refractivity (Wildman–Crippen MR) is 126 cm³/mol. The molecule has 3 aromatic rings. The van der Waals surface area contributed by atoms with Gasteiger partial charge in [-0.05, 0) is 30.2 Å². The lowest BCUT2D eigenvalue weighted by molar-refractivity contribution is -0.148. The number of nitrogens with zero attached hydrogens (tertiary/aromatic N) is 2. The van der Waals surface area contributed by atoms with E-state index in [-0.39, 0.29) is 19.1 Å². The minimum Gasteiger partial charge on any atom is -0.482 e. The van der Waals surface area contributed by atoms with Gasteiger partial charge in [-0.1, -0.05) is 37.3 Å². The number of hydrogen-bond acceptors (Lipinski definition) is 7. The van der Waals surface area contributed by atoms with E-state index >= 15 is 0 Å². The molecule has 2 aromatic carbocycles. The van der Waals surface area contributed by atoms with Crippen LogP contribution in [0.5, 0.6) is 5.75 Å². The van der Waals surface area contributed by atoms with Gasteiger partial charge in [0.2, 0.25) is 0 Å². The number of anilines is 1. The molecule has 0 N–H and O–H groups in total. The highest BCUT2D eigenvalue weighted by Crippen LogP contribution is 2.38. The molecule has 0 spiro atoms. The number of amides is 1. The Morgan fingerprint density at radius 3 is 2.82 bits per heavy atom. The van der Waals surface area contributed by atoms with Crippen molar-refractivity contribution in [2.75, 3.05) is 25.2 Å². The minimum atomic E-state index is -0.744. The Labute approximate surface area is 196 Å². The molecule has 7 nitrogen and oxygen atoms in total. The average Bonchev–Trinajstić information content (AvgIpc) is 3.32. The van der Waals surface area contributed by atoms with Crippen LogP contribution in [-0.4, -0.2) is 43.2 Å². The number of carbonyl (C=O) groups excluding carboxylic acids is 2. The van der Waals surface area contributed by atoms with Gasteiger partial charge in [0.05, 0.1) is 23.0 Å². The van der Waals surface area contributed by atoms with Gasteiger partial charge in [-0.3, -0.25) is 9.69 Å². The van der Waals surface area contributed by atoms with E-state index in [1.54, 1.807) is 18.4 Å². The van der Waals surface area contributed by atoms with E-state index in [9.17, 15) is 9.59 Å². The fourth-order valence-corrected chi connectivity index (χ4v) is 4.49. The smallest absolute Gasteiger partial charge is 0.329 e. The van der Waals surface area contributed by atoms with Gasteiger partial charge in [-0.2, -0.15) is 0 Å². The quantitative estimate of drug-likeness (QED) is 0.439. The second-order valence-corrected chi connectivity index (χ2v) is 8.56. The van der Waals surface area contributed by atoms with Gasteiger partial charge < -0.3 is 14.2 Å². The summed E-state index contributed by atoms with van der Waals surface area (Å²) in [4.78, 5) is 32.0. The van der Waals surface area contributed by atoms with Crippen molar-refractivity contribution in [2.45, 2.75) is 32.4 Å². The first kappa shape index (κ1) is 22.9. The topological polar surface area (TPSA) is 78.0 Å². The van der Waals surface area contributed by atoms with Gasteiger partial charge in [-0.25, -0.2) is 9.78 Å². The highest BCUT2D eigenvalue weighted by Gasteiger charge is 2.36. The molecule has 0 aliphatic carbocycles. The number of benzene rings is 2. The van der Waals surface area contributed by atoms with Crippen molar-refractivity contribution in [1.82, 2.24) is 4.98 Å². The molecule has 2 heterocycles. The highest BCUT2D eigenvalue weighted by molar-refractivity contribution is 7.09. The molecule has 1 atom stereocenters. The molecule has 0 radical (unpaired) electrons. The summed E-state index contributed by atoms with van der Waals surface area (Å²) in [5.74, 6) is -0.159. The molecule has 1 unspecified atom stereocenters. The van der Waals surface area contributed by atoms with E-state index in [4.69, 9.17) is 14.2 Å². The van der Waals surface area contributed by atoms with Crippen molar-refractivity contribution in [2.24, 2.45) is 0 Å². The molecular formula is C25H26N2O5S. The number of rotatable bonds is 9. The number of esters is 1. The summed E-state index contributed by atoms with van der Waals surface area (Å²) in [5, 5.41) is 2.96. The van der Waals surface area contributed by atoms with Gasteiger partial charge in [0.15, 0.2) is 6.61 Å². The molecule has 0 bridgehead atoms. The van der Waals surface area contributed by atoms with Gasteiger partial charge >= 0.3 is 5.97 Å².